The van der Waals surface area contributed by atoms with Gasteiger partial charge >= 0.3 is 0 Å². The second kappa shape index (κ2) is 35.1. The number of pyridine rings is 5. The van der Waals surface area contributed by atoms with Crippen LogP contribution in [0.15, 0.2) is 183 Å². The van der Waals surface area contributed by atoms with Crippen molar-refractivity contribution in [1.29, 1.82) is 0 Å². The van der Waals surface area contributed by atoms with E-state index in [-0.39, 0.29) is 17.0 Å². The fraction of sp³-hybridized carbons (Fsp3) is 0.409. The molecule has 0 amide bonds. The average molecular weight is 1330 g/mol. The Morgan fingerprint density at radius 2 is 0.684 bits per heavy atom. The van der Waals surface area contributed by atoms with Gasteiger partial charge in [-0.05, 0) is 209 Å². The molecular weight excluding hydrogens is 1190 g/mol. The SMILES string of the molecule is Cc1cc(-c2ccccc2C)[n+](C)cc1CC(C)(C)C.Cc1cc(-c2ccccc2C)[n+](C)cc1CC(C)C.[2H]C([2H])([2H])C([2H])(C)c1cc(C([2H])(C)C([2H])([2H])[2H])c(-c2ccccc2C)[n+](C)c1.[2H]C([2H])(c1c[n+](C)c(-c2ccccc2C)cc1C)C(C)(C)C.[2H]C([2H])(c1c[n+](C)c(-c2ccccc2C)cc1C)C(C)C. The Morgan fingerprint density at radius 1 is 0.357 bits per heavy atom. The first kappa shape index (κ1) is 62.1. The van der Waals surface area contributed by atoms with Crippen molar-refractivity contribution in [2.24, 2.45) is 57.9 Å². The highest BCUT2D eigenvalue weighted by Gasteiger charge is 2.25. The fourth-order valence-electron chi connectivity index (χ4n) is 12.4. The molecule has 0 spiro atoms. The summed E-state index contributed by atoms with van der Waals surface area (Å²) in [5.41, 5.74) is 26.5. The first-order valence-electron chi connectivity index (χ1n) is 40.9. The zero-order valence-electron chi connectivity index (χ0n) is 76.6. The van der Waals surface area contributed by atoms with E-state index >= 15 is 0 Å². The third-order valence-electron chi connectivity index (χ3n) is 17.6. The summed E-state index contributed by atoms with van der Waals surface area (Å²) in [5.74, 6) is -3.30. The first-order chi connectivity index (χ1) is 50.6. The van der Waals surface area contributed by atoms with E-state index in [1.807, 2.05) is 140 Å². The highest BCUT2D eigenvalue weighted by molar-refractivity contribution is 5.66. The summed E-state index contributed by atoms with van der Waals surface area (Å²) >= 11 is 0. The van der Waals surface area contributed by atoms with Gasteiger partial charge in [0.15, 0.2) is 31.0 Å². The smallest absolute Gasteiger partial charge is 0.201 e. The minimum atomic E-state index is -2.64. The molecule has 518 valence electrons. The Kier molecular flexibility index (Phi) is 22.2. The van der Waals surface area contributed by atoms with Crippen LogP contribution in [0.25, 0.3) is 56.3 Å². The van der Waals surface area contributed by atoms with Crippen LogP contribution in [0, 0.1) is 85.0 Å². The van der Waals surface area contributed by atoms with Crippen molar-refractivity contribution in [3.8, 4) is 56.3 Å². The van der Waals surface area contributed by atoms with Crippen molar-refractivity contribution in [3.63, 3.8) is 0 Å². The molecule has 5 aromatic carbocycles. The normalized spacial score (nSPS) is 14.9. The molecule has 5 aromatic heterocycles. The third-order valence-corrected chi connectivity index (χ3v) is 17.6. The van der Waals surface area contributed by atoms with Crippen molar-refractivity contribution in [2.75, 3.05) is 0 Å². The maximum absolute atomic E-state index is 8.66. The lowest BCUT2D eigenvalue weighted by atomic mass is 9.87. The van der Waals surface area contributed by atoms with Crippen LogP contribution in [-0.4, -0.2) is 0 Å². The summed E-state index contributed by atoms with van der Waals surface area (Å²) < 4.78 is 108. The number of hydrogen-bond acceptors (Lipinski definition) is 0. The van der Waals surface area contributed by atoms with Crippen molar-refractivity contribution < 1.29 is 39.3 Å². The van der Waals surface area contributed by atoms with Gasteiger partial charge in [-0.1, -0.05) is 188 Å². The zero-order valence-corrected chi connectivity index (χ0v) is 64.6. The summed E-state index contributed by atoms with van der Waals surface area (Å²) in [6.07, 6.45) is 9.58. The molecule has 0 N–H and O–H groups in total. The Balaban J connectivity index is 0.000000216. The lowest BCUT2D eigenvalue weighted by Crippen LogP contribution is -2.33. The Hall–Kier alpha value is -8.15. The van der Waals surface area contributed by atoms with Gasteiger partial charge < -0.3 is 0 Å². The molecule has 10 aromatic rings. The van der Waals surface area contributed by atoms with Gasteiger partial charge in [0, 0.05) is 102 Å². The van der Waals surface area contributed by atoms with Gasteiger partial charge in [0.1, 0.15) is 35.2 Å². The van der Waals surface area contributed by atoms with E-state index in [2.05, 4.69) is 209 Å². The molecule has 0 aliphatic heterocycles. The Morgan fingerprint density at radius 3 is 1.03 bits per heavy atom. The van der Waals surface area contributed by atoms with E-state index < -0.39 is 43.7 Å². The van der Waals surface area contributed by atoms with Crippen molar-refractivity contribution in [3.05, 3.63) is 266 Å². The first-order valence-corrected chi connectivity index (χ1v) is 34.9. The summed E-state index contributed by atoms with van der Waals surface area (Å²) in [4.78, 5) is 0. The number of hydrogen-bond donors (Lipinski definition) is 0. The molecule has 0 aliphatic carbocycles. The van der Waals surface area contributed by atoms with Crippen molar-refractivity contribution in [1.82, 2.24) is 0 Å². The number of aryl methyl sites for hydroxylation is 14. The second-order valence-electron chi connectivity index (χ2n) is 30.1. The molecule has 5 nitrogen and oxygen atoms in total. The molecule has 2 atom stereocenters. The fourth-order valence-corrected chi connectivity index (χ4v) is 12.4. The maximum Gasteiger partial charge on any atom is 0.216 e. The van der Waals surface area contributed by atoms with Gasteiger partial charge in [0.2, 0.25) is 28.5 Å². The molecule has 5 heteroatoms. The number of benzene rings is 5. The number of aromatic nitrogens is 5. The van der Waals surface area contributed by atoms with Crippen LogP contribution in [0.3, 0.4) is 0 Å². The Bertz CT molecular complexity index is 4850. The predicted molar refractivity (Wildman–Crippen MR) is 419 cm³/mol. The molecule has 10 rings (SSSR count). The lowest BCUT2D eigenvalue weighted by molar-refractivity contribution is -0.661. The van der Waals surface area contributed by atoms with Gasteiger partial charge in [-0.25, -0.2) is 22.8 Å². The molecule has 0 fully saturated rings. The van der Waals surface area contributed by atoms with Gasteiger partial charge in [-0.3, -0.25) is 0 Å². The van der Waals surface area contributed by atoms with Crippen LogP contribution in [0.4, 0.5) is 0 Å². The van der Waals surface area contributed by atoms with Crippen LogP contribution in [0.5, 0.6) is 0 Å². The van der Waals surface area contributed by atoms with E-state index in [1.165, 1.54) is 98.1 Å². The van der Waals surface area contributed by atoms with E-state index in [1.54, 1.807) is 17.8 Å². The van der Waals surface area contributed by atoms with E-state index in [0.717, 1.165) is 57.6 Å². The molecule has 0 bridgehead atoms. The highest BCUT2D eigenvalue weighted by Crippen LogP contribution is 2.33. The minimum Gasteiger partial charge on any atom is -0.201 e. The van der Waals surface area contributed by atoms with Gasteiger partial charge in [0.05, 0.1) is 0 Å². The van der Waals surface area contributed by atoms with Crippen LogP contribution in [-0.2, 0) is 60.8 Å². The third kappa shape index (κ3) is 22.2. The molecule has 0 aliphatic rings. The second-order valence-corrected chi connectivity index (χ2v) is 30.1. The maximum atomic E-state index is 8.66. The molecule has 0 radical (unpaired) electrons. The summed E-state index contributed by atoms with van der Waals surface area (Å²) in [5, 5.41) is 0. The summed E-state index contributed by atoms with van der Waals surface area (Å²) in [6.45, 7) is 37.3. The lowest BCUT2D eigenvalue weighted by Gasteiger charge is -2.19. The number of nitrogens with zero attached hydrogens (tertiary/aromatic N) is 5. The topological polar surface area (TPSA) is 19.4 Å². The molecule has 98 heavy (non-hydrogen) atoms. The van der Waals surface area contributed by atoms with Crippen molar-refractivity contribution in [2.45, 2.75) is 196 Å². The molecule has 5 heterocycles. The monoisotopic (exact) mass is 1330 g/mol. The van der Waals surface area contributed by atoms with Crippen molar-refractivity contribution >= 4 is 0 Å². The van der Waals surface area contributed by atoms with Crippen LogP contribution >= 0.6 is 0 Å². The van der Waals surface area contributed by atoms with Crippen LogP contribution in [0.2, 0.25) is 0 Å². The molecular formula is C93H126N5+5. The van der Waals surface area contributed by atoms with Gasteiger partial charge in [-0.15, -0.1) is 0 Å². The quantitative estimate of drug-likeness (QED) is 0.103. The van der Waals surface area contributed by atoms with Gasteiger partial charge in [-0.2, -0.15) is 0 Å². The minimum absolute atomic E-state index is 0.0551. The van der Waals surface area contributed by atoms with E-state index in [9.17, 15) is 0 Å². The number of rotatable bonds is 13. The van der Waals surface area contributed by atoms with Crippen LogP contribution in [0.1, 0.15) is 208 Å². The Labute approximate surface area is 613 Å². The van der Waals surface area contributed by atoms with E-state index in [4.69, 9.17) is 16.4 Å². The summed E-state index contributed by atoms with van der Waals surface area (Å²) in [6, 6.07) is 51.4. The predicted octanol–water partition coefficient (Wildman–Crippen LogP) is 21.5. The molecule has 0 saturated carbocycles. The van der Waals surface area contributed by atoms with Crippen LogP contribution < -0.4 is 22.8 Å². The summed E-state index contributed by atoms with van der Waals surface area (Å²) in [7, 11) is 9.95. The highest BCUT2D eigenvalue weighted by atomic mass is 14.9. The largest absolute Gasteiger partial charge is 0.216 e. The van der Waals surface area contributed by atoms with E-state index in [0.29, 0.717) is 17.0 Å². The average Bonchev–Trinajstić information content (AvgIpc) is 0.743. The standard InChI is InChI=1S/3C19H26N.2C18H24N/c2*1-14-9-7-8-10-17(14)18-11-15(2)16(13-20(18)6)12-19(3,4)5;1-13(2)16-11-18(14(3)4)19(20(6)12-16)17-10-8-7-9-15(17)5;2*1-13(2)10-16-12-19(5)18(11-15(16)4)17-9-7-6-8-14(17)3/h2*7-11,13H,12H2,1-6H3;7-14H,1-6H3;2*6-9,11-13H,10H2,1-5H3/q5*+1/i12D2;;1D3,3D3,13D,14D;10D2;. The molecule has 2 unspecified atom stereocenters. The zero-order chi connectivity index (χ0) is 83.1. The molecule has 0 saturated heterocycles. The van der Waals surface area contributed by atoms with Gasteiger partial charge in [0.25, 0.3) is 0 Å².